The third-order valence-corrected chi connectivity index (χ3v) is 9.09. The van der Waals surface area contributed by atoms with Gasteiger partial charge in [-0.05, 0) is 124 Å². The summed E-state index contributed by atoms with van der Waals surface area (Å²) < 4.78 is 62.6. The Morgan fingerprint density at radius 1 is 0.706 bits per heavy atom. The highest BCUT2D eigenvalue weighted by Gasteiger charge is 2.43. The summed E-state index contributed by atoms with van der Waals surface area (Å²) in [7, 11) is 0. The van der Waals surface area contributed by atoms with Gasteiger partial charge < -0.3 is 18.9 Å². The summed E-state index contributed by atoms with van der Waals surface area (Å²) in [6, 6.07) is 17.8. The summed E-state index contributed by atoms with van der Waals surface area (Å²) in [6.45, 7) is 6.20. The lowest BCUT2D eigenvalue weighted by molar-refractivity contribution is -0.225. The monoisotopic (exact) mass is 710 g/mol. The molecule has 0 fully saturated rings. The molecule has 276 valence electrons. The van der Waals surface area contributed by atoms with Crippen LogP contribution in [0.1, 0.15) is 123 Å². The van der Waals surface area contributed by atoms with Gasteiger partial charge in [-0.15, -0.1) is 0 Å². The highest BCUT2D eigenvalue weighted by atomic mass is 19.4. The average molecular weight is 711 g/mol. The number of benzene rings is 3. The van der Waals surface area contributed by atoms with Gasteiger partial charge in [0.2, 0.25) is 0 Å². The molecule has 0 saturated carbocycles. The van der Waals surface area contributed by atoms with Gasteiger partial charge in [-0.1, -0.05) is 58.4 Å². The van der Waals surface area contributed by atoms with Crippen LogP contribution in [0.15, 0.2) is 66.7 Å². The molecular weight excluding hydrogens is 661 g/mol. The van der Waals surface area contributed by atoms with Crippen molar-refractivity contribution >= 4 is 17.9 Å². The lowest BCUT2D eigenvalue weighted by Gasteiger charge is -2.27. The standard InChI is InChI=1S/C41H49F3O7/c1-4-6-8-10-12-28(3)48-34-21-16-29(17-22-34)38(45)49-35-23-18-30(19-24-35)39(46)50-36-25-20-31-26-33(15-14-32(31)27-36)40(47)51-37(41(42,43)44)13-11-9-7-5-2/h16-25,27-28,33,37H,4-15,26H2,1-3H3/t28-,33?,37-/m1/s1. The molecule has 0 N–H and O–H groups in total. The number of alkyl halides is 3. The topological polar surface area (TPSA) is 88.1 Å². The summed E-state index contributed by atoms with van der Waals surface area (Å²) >= 11 is 0. The summed E-state index contributed by atoms with van der Waals surface area (Å²) in [4.78, 5) is 38.3. The molecule has 3 aromatic rings. The van der Waals surface area contributed by atoms with Crippen LogP contribution in [0.2, 0.25) is 0 Å². The minimum atomic E-state index is -4.60. The zero-order valence-electron chi connectivity index (χ0n) is 29.8. The molecule has 0 bridgehead atoms. The second-order valence-corrected chi connectivity index (χ2v) is 13.3. The third-order valence-electron chi connectivity index (χ3n) is 9.09. The van der Waals surface area contributed by atoms with Gasteiger partial charge in [0.1, 0.15) is 17.2 Å². The zero-order valence-corrected chi connectivity index (χ0v) is 29.8. The van der Waals surface area contributed by atoms with E-state index in [1.54, 1.807) is 42.5 Å². The van der Waals surface area contributed by atoms with Crippen molar-refractivity contribution in [2.24, 2.45) is 5.92 Å². The first kappa shape index (κ1) is 39.4. The largest absolute Gasteiger partial charge is 0.491 e. The molecular formula is C41H49F3O7. The van der Waals surface area contributed by atoms with Crippen LogP contribution in [-0.4, -0.2) is 36.3 Å². The summed E-state index contributed by atoms with van der Waals surface area (Å²) in [5.74, 6) is -1.41. The molecule has 0 aliphatic heterocycles. The number of carbonyl (C=O) groups is 3. The normalized spacial score (nSPS) is 15.3. The van der Waals surface area contributed by atoms with E-state index in [4.69, 9.17) is 18.9 Å². The Balaban J connectivity index is 1.25. The number of hydrogen-bond donors (Lipinski definition) is 0. The number of rotatable bonds is 18. The van der Waals surface area contributed by atoms with Crippen LogP contribution in [0.5, 0.6) is 17.2 Å². The van der Waals surface area contributed by atoms with E-state index in [9.17, 15) is 27.6 Å². The van der Waals surface area contributed by atoms with Crippen molar-refractivity contribution in [2.45, 2.75) is 123 Å². The number of esters is 3. The Morgan fingerprint density at radius 3 is 1.84 bits per heavy atom. The molecule has 1 aliphatic carbocycles. The molecule has 0 spiro atoms. The molecule has 3 atom stereocenters. The number of fused-ring (bicyclic) bond motifs is 1. The van der Waals surface area contributed by atoms with Gasteiger partial charge in [0, 0.05) is 0 Å². The van der Waals surface area contributed by atoms with Crippen LogP contribution >= 0.6 is 0 Å². The number of aryl methyl sites for hydroxylation is 1. The molecule has 7 nitrogen and oxygen atoms in total. The summed E-state index contributed by atoms with van der Waals surface area (Å²) in [6.07, 6.45) is 2.61. The molecule has 3 aromatic carbocycles. The van der Waals surface area contributed by atoms with E-state index in [2.05, 4.69) is 6.92 Å². The van der Waals surface area contributed by atoms with Gasteiger partial charge in [0.25, 0.3) is 0 Å². The molecule has 0 radical (unpaired) electrons. The van der Waals surface area contributed by atoms with Gasteiger partial charge in [-0.3, -0.25) is 4.79 Å². The fourth-order valence-corrected chi connectivity index (χ4v) is 6.09. The number of carbonyl (C=O) groups excluding carboxylic acids is 3. The minimum Gasteiger partial charge on any atom is -0.491 e. The maximum absolute atomic E-state index is 13.5. The Bertz CT molecular complexity index is 1570. The molecule has 0 saturated heterocycles. The van der Waals surface area contributed by atoms with E-state index in [-0.39, 0.29) is 30.3 Å². The van der Waals surface area contributed by atoms with Gasteiger partial charge in [-0.2, -0.15) is 13.2 Å². The maximum Gasteiger partial charge on any atom is 0.425 e. The Hall–Kier alpha value is -4.34. The highest BCUT2D eigenvalue weighted by Crippen LogP contribution is 2.33. The first-order valence-corrected chi connectivity index (χ1v) is 18.2. The van der Waals surface area contributed by atoms with E-state index in [1.165, 1.54) is 43.5 Å². The van der Waals surface area contributed by atoms with Crippen molar-refractivity contribution in [1.29, 1.82) is 0 Å². The van der Waals surface area contributed by atoms with Crippen molar-refractivity contribution in [3.63, 3.8) is 0 Å². The summed E-state index contributed by atoms with van der Waals surface area (Å²) in [5.41, 5.74) is 2.26. The van der Waals surface area contributed by atoms with Crippen molar-refractivity contribution in [3.05, 3.63) is 89.0 Å². The third kappa shape index (κ3) is 12.4. The maximum atomic E-state index is 13.5. The number of hydrogen-bond acceptors (Lipinski definition) is 7. The number of ether oxygens (including phenoxy) is 4. The van der Waals surface area contributed by atoms with Crippen LogP contribution in [0.25, 0.3) is 0 Å². The minimum absolute atomic E-state index is 0.0812. The second kappa shape index (κ2) is 19.3. The molecule has 10 heteroatoms. The smallest absolute Gasteiger partial charge is 0.425 e. The van der Waals surface area contributed by atoms with Crippen LogP contribution in [0.3, 0.4) is 0 Å². The number of halogens is 3. The van der Waals surface area contributed by atoms with Crippen molar-refractivity contribution in [1.82, 2.24) is 0 Å². The average Bonchev–Trinajstić information content (AvgIpc) is 3.11. The fourth-order valence-electron chi connectivity index (χ4n) is 6.09. The highest BCUT2D eigenvalue weighted by molar-refractivity contribution is 5.92. The Labute approximate surface area is 298 Å². The van der Waals surface area contributed by atoms with Crippen LogP contribution < -0.4 is 14.2 Å². The molecule has 51 heavy (non-hydrogen) atoms. The fraction of sp³-hybridized carbons (Fsp3) is 0.488. The van der Waals surface area contributed by atoms with Gasteiger partial charge in [0.15, 0.2) is 6.10 Å². The van der Waals surface area contributed by atoms with Crippen LogP contribution in [0, 0.1) is 5.92 Å². The quantitative estimate of drug-likeness (QED) is 0.0738. The molecule has 4 rings (SSSR count). The van der Waals surface area contributed by atoms with E-state index < -0.39 is 36.1 Å². The molecule has 0 aromatic heterocycles. The van der Waals surface area contributed by atoms with E-state index >= 15 is 0 Å². The van der Waals surface area contributed by atoms with Gasteiger partial charge in [-0.25, -0.2) is 9.59 Å². The van der Waals surface area contributed by atoms with E-state index in [0.717, 1.165) is 36.8 Å². The lowest BCUT2D eigenvalue weighted by atomic mass is 9.84. The first-order chi connectivity index (χ1) is 24.5. The lowest BCUT2D eigenvalue weighted by Crippen LogP contribution is -2.37. The Morgan fingerprint density at radius 2 is 1.25 bits per heavy atom. The first-order valence-electron chi connectivity index (χ1n) is 18.2. The van der Waals surface area contributed by atoms with Crippen LogP contribution in [0.4, 0.5) is 13.2 Å². The van der Waals surface area contributed by atoms with Crippen molar-refractivity contribution < 1.29 is 46.5 Å². The molecule has 0 amide bonds. The van der Waals surface area contributed by atoms with E-state index in [1.807, 2.05) is 13.8 Å². The second-order valence-electron chi connectivity index (χ2n) is 13.3. The SMILES string of the molecule is CCCCCC[C@@H](C)Oc1ccc(C(=O)Oc2ccc(C(=O)Oc3ccc4c(c3)CCC(C(=O)O[C@H](CCCCCC)C(F)(F)F)C4)cc2)cc1. The molecule has 1 aliphatic rings. The molecule has 1 unspecified atom stereocenters. The van der Waals surface area contributed by atoms with Crippen LogP contribution in [-0.2, 0) is 22.4 Å². The Kier molecular flexibility index (Phi) is 14.9. The molecule has 0 heterocycles. The summed E-state index contributed by atoms with van der Waals surface area (Å²) in [5, 5.41) is 0. The number of unbranched alkanes of at least 4 members (excludes halogenated alkanes) is 6. The zero-order chi connectivity index (χ0) is 36.8. The van der Waals surface area contributed by atoms with Gasteiger partial charge in [0.05, 0.1) is 23.1 Å². The van der Waals surface area contributed by atoms with Crippen molar-refractivity contribution in [2.75, 3.05) is 0 Å². The van der Waals surface area contributed by atoms with Gasteiger partial charge >= 0.3 is 24.1 Å². The van der Waals surface area contributed by atoms with Crippen molar-refractivity contribution in [3.8, 4) is 17.2 Å². The van der Waals surface area contributed by atoms with E-state index in [0.29, 0.717) is 42.7 Å². The predicted molar refractivity (Wildman–Crippen MR) is 188 cm³/mol. The predicted octanol–water partition coefficient (Wildman–Crippen LogP) is 10.4.